The highest BCUT2D eigenvalue weighted by Crippen LogP contribution is 2.30. The number of nitrogens with zero attached hydrogens (tertiary/aromatic N) is 2. The Balaban J connectivity index is 1.59. The van der Waals surface area contributed by atoms with Crippen LogP contribution in [0.25, 0.3) is 0 Å². The zero-order chi connectivity index (χ0) is 22.9. The number of sulfonamides is 1. The molecule has 1 heterocycles. The number of hydrogen-bond donors (Lipinski definition) is 2. The summed E-state index contributed by atoms with van der Waals surface area (Å²) < 4.78 is 35.9. The minimum absolute atomic E-state index is 0.0433. The van der Waals surface area contributed by atoms with E-state index in [1.165, 1.54) is 13.2 Å². The molecule has 3 aromatic rings. The van der Waals surface area contributed by atoms with Crippen molar-refractivity contribution >= 4 is 21.6 Å². The topological polar surface area (TPSA) is 102 Å². The number of methoxy groups -OCH3 is 1. The summed E-state index contributed by atoms with van der Waals surface area (Å²) in [5, 5.41) is 7.35. The quantitative estimate of drug-likeness (QED) is 0.595. The van der Waals surface area contributed by atoms with Crippen LogP contribution in [0.15, 0.2) is 53.6 Å². The smallest absolute Gasteiger partial charge is 0.262 e. The summed E-state index contributed by atoms with van der Waals surface area (Å²) in [5.74, 6) is 0.0904. The lowest BCUT2D eigenvalue weighted by Crippen LogP contribution is -2.31. The Kier molecular flexibility index (Phi) is 5.92. The lowest BCUT2D eigenvalue weighted by molar-refractivity contribution is 0.0932. The molecular weight excluding hydrogens is 428 g/mol. The fraction of sp³-hybridized carbons (Fsp3) is 0.304. The molecule has 2 N–H and O–H groups in total. The molecule has 1 amide bonds. The Morgan fingerprint density at radius 2 is 2.00 bits per heavy atom. The molecule has 4 rings (SSSR count). The fourth-order valence-corrected chi connectivity index (χ4v) is 5.40. The standard InChI is InChI=1S/C23H26N4O4S/c1-15-11-12-16(23(28)25-18-8-6-9-20-17(18)14-24-27(20)2)13-22(15)32(29,30)26-19-7-4-5-10-21(19)31-3/h4-5,7,10-14,18,26H,6,8-9H2,1-3H3,(H,25,28). The first kappa shape index (κ1) is 21.9. The van der Waals surface area contributed by atoms with Gasteiger partial charge in [0.05, 0.1) is 29.9 Å². The summed E-state index contributed by atoms with van der Waals surface area (Å²) in [6.45, 7) is 1.70. The van der Waals surface area contributed by atoms with E-state index < -0.39 is 10.0 Å². The van der Waals surface area contributed by atoms with Gasteiger partial charge in [0.25, 0.3) is 15.9 Å². The van der Waals surface area contributed by atoms with Gasteiger partial charge < -0.3 is 10.1 Å². The number of ether oxygens (including phenoxy) is 1. The van der Waals surface area contributed by atoms with Crippen LogP contribution in [0.3, 0.4) is 0 Å². The van der Waals surface area contributed by atoms with Crippen molar-refractivity contribution in [2.24, 2.45) is 7.05 Å². The molecule has 32 heavy (non-hydrogen) atoms. The van der Waals surface area contributed by atoms with Crippen LogP contribution in [0.4, 0.5) is 5.69 Å². The van der Waals surface area contributed by atoms with Gasteiger partial charge in [0, 0.05) is 23.9 Å². The molecule has 8 nitrogen and oxygen atoms in total. The molecule has 0 radical (unpaired) electrons. The maximum absolute atomic E-state index is 13.1. The number of hydrogen-bond acceptors (Lipinski definition) is 5. The van der Waals surface area contributed by atoms with Gasteiger partial charge in [-0.25, -0.2) is 8.42 Å². The summed E-state index contributed by atoms with van der Waals surface area (Å²) >= 11 is 0. The zero-order valence-corrected chi connectivity index (χ0v) is 19.1. The number of carbonyl (C=O) groups is 1. The molecule has 0 saturated carbocycles. The minimum Gasteiger partial charge on any atom is -0.495 e. The molecule has 168 valence electrons. The van der Waals surface area contributed by atoms with Gasteiger partial charge in [-0.1, -0.05) is 18.2 Å². The molecule has 0 fully saturated rings. The molecule has 1 aromatic heterocycles. The van der Waals surface area contributed by atoms with Crippen LogP contribution in [-0.2, 0) is 23.5 Å². The Labute approximate surface area is 187 Å². The summed E-state index contributed by atoms with van der Waals surface area (Å²) in [6.07, 6.45) is 4.49. The Morgan fingerprint density at radius 3 is 2.78 bits per heavy atom. The highest BCUT2D eigenvalue weighted by Gasteiger charge is 2.26. The predicted octanol–water partition coefficient (Wildman–Crippen LogP) is 3.35. The van der Waals surface area contributed by atoms with Crippen molar-refractivity contribution in [2.45, 2.75) is 37.1 Å². The van der Waals surface area contributed by atoms with Crippen molar-refractivity contribution in [3.05, 3.63) is 71.0 Å². The number of amides is 1. The molecule has 1 unspecified atom stereocenters. The molecule has 1 atom stereocenters. The van der Waals surface area contributed by atoms with Gasteiger partial charge in [-0.2, -0.15) is 5.10 Å². The van der Waals surface area contributed by atoms with Gasteiger partial charge in [-0.05, 0) is 56.0 Å². The van der Waals surface area contributed by atoms with Crippen LogP contribution in [-0.4, -0.2) is 31.2 Å². The third-order valence-electron chi connectivity index (χ3n) is 5.77. The van der Waals surface area contributed by atoms with Crippen LogP contribution in [0.2, 0.25) is 0 Å². The van der Waals surface area contributed by atoms with Crippen molar-refractivity contribution < 1.29 is 17.9 Å². The van der Waals surface area contributed by atoms with Gasteiger partial charge in [-0.15, -0.1) is 0 Å². The first-order valence-corrected chi connectivity index (χ1v) is 11.9. The first-order chi connectivity index (χ1) is 15.3. The maximum Gasteiger partial charge on any atom is 0.262 e. The van der Waals surface area contributed by atoms with Crippen LogP contribution >= 0.6 is 0 Å². The molecule has 2 aromatic carbocycles. The number of aryl methyl sites for hydroxylation is 2. The van der Waals surface area contributed by atoms with Gasteiger partial charge in [0.2, 0.25) is 0 Å². The molecule has 0 saturated heterocycles. The highest BCUT2D eigenvalue weighted by atomic mass is 32.2. The second-order valence-electron chi connectivity index (χ2n) is 7.87. The summed E-state index contributed by atoms with van der Waals surface area (Å²) in [5.41, 5.74) is 3.29. The molecule has 0 aliphatic heterocycles. The van der Waals surface area contributed by atoms with Crippen LogP contribution in [0.1, 0.15) is 46.1 Å². The minimum atomic E-state index is -3.93. The number of para-hydroxylation sites is 2. The fourth-order valence-electron chi connectivity index (χ4n) is 4.06. The first-order valence-electron chi connectivity index (χ1n) is 10.4. The van der Waals surface area contributed by atoms with Gasteiger partial charge in [0.1, 0.15) is 5.75 Å². The van der Waals surface area contributed by atoms with Crippen LogP contribution in [0.5, 0.6) is 5.75 Å². The summed E-state index contributed by atoms with van der Waals surface area (Å²) in [7, 11) is -0.562. The van der Waals surface area contributed by atoms with E-state index in [2.05, 4.69) is 15.1 Å². The van der Waals surface area contributed by atoms with E-state index >= 15 is 0 Å². The summed E-state index contributed by atoms with van der Waals surface area (Å²) in [4.78, 5) is 13.0. The molecule has 1 aliphatic rings. The Morgan fingerprint density at radius 1 is 1.22 bits per heavy atom. The molecule has 0 spiro atoms. The van der Waals surface area contributed by atoms with E-state index in [4.69, 9.17) is 4.74 Å². The molecule has 9 heteroatoms. The lowest BCUT2D eigenvalue weighted by atomic mass is 9.92. The van der Waals surface area contributed by atoms with Gasteiger partial charge in [-0.3, -0.25) is 14.2 Å². The third kappa shape index (κ3) is 4.20. The normalized spacial score (nSPS) is 15.7. The van der Waals surface area contributed by atoms with Crippen LogP contribution < -0.4 is 14.8 Å². The van der Waals surface area contributed by atoms with E-state index in [1.54, 1.807) is 49.5 Å². The average molecular weight is 455 g/mol. The molecular formula is C23H26N4O4S. The zero-order valence-electron chi connectivity index (χ0n) is 18.3. The van der Waals surface area contributed by atoms with Gasteiger partial charge >= 0.3 is 0 Å². The molecule has 0 bridgehead atoms. The highest BCUT2D eigenvalue weighted by molar-refractivity contribution is 7.92. The largest absolute Gasteiger partial charge is 0.495 e. The van der Waals surface area contributed by atoms with Gasteiger partial charge in [0.15, 0.2) is 0 Å². The maximum atomic E-state index is 13.1. The van der Waals surface area contributed by atoms with Crippen molar-refractivity contribution in [3.8, 4) is 5.75 Å². The third-order valence-corrected chi connectivity index (χ3v) is 7.28. The number of fused-ring (bicyclic) bond motifs is 1. The summed E-state index contributed by atoms with van der Waals surface area (Å²) in [6, 6.07) is 11.3. The Bertz CT molecular complexity index is 1270. The SMILES string of the molecule is COc1ccccc1NS(=O)(=O)c1cc(C(=O)NC2CCCc3c2cnn3C)ccc1C. The van der Waals surface area contributed by atoms with Crippen molar-refractivity contribution in [1.29, 1.82) is 0 Å². The number of benzene rings is 2. The number of nitrogens with one attached hydrogen (secondary N) is 2. The Hall–Kier alpha value is -3.33. The number of aromatic nitrogens is 2. The monoisotopic (exact) mass is 454 g/mol. The number of rotatable bonds is 6. The van der Waals surface area contributed by atoms with Crippen molar-refractivity contribution in [2.75, 3.05) is 11.8 Å². The second-order valence-corrected chi connectivity index (χ2v) is 9.53. The molecule has 1 aliphatic carbocycles. The second kappa shape index (κ2) is 8.66. The van der Waals surface area contributed by atoms with Crippen LogP contribution in [0, 0.1) is 6.92 Å². The van der Waals surface area contributed by atoms with E-state index in [0.29, 0.717) is 17.0 Å². The number of carbonyl (C=O) groups excluding carboxylic acids is 1. The van der Waals surface area contributed by atoms with E-state index in [-0.39, 0.29) is 22.4 Å². The van der Waals surface area contributed by atoms with E-state index in [1.807, 2.05) is 11.7 Å². The number of anilines is 1. The lowest BCUT2D eigenvalue weighted by Gasteiger charge is -2.24. The van der Waals surface area contributed by atoms with Crippen molar-refractivity contribution in [3.63, 3.8) is 0 Å². The van der Waals surface area contributed by atoms with Crippen molar-refractivity contribution in [1.82, 2.24) is 15.1 Å². The average Bonchev–Trinajstić information content (AvgIpc) is 3.16. The van der Waals surface area contributed by atoms with E-state index in [0.717, 1.165) is 30.5 Å². The predicted molar refractivity (Wildman–Crippen MR) is 121 cm³/mol. The van der Waals surface area contributed by atoms with E-state index in [9.17, 15) is 13.2 Å².